The predicted octanol–water partition coefficient (Wildman–Crippen LogP) is 5.07. The lowest BCUT2D eigenvalue weighted by Crippen LogP contribution is -2.28. The first-order valence-corrected chi connectivity index (χ1v) is 11.4. The highest BCUT2D eigenvalue weighted by molar-refractivity contribution is 7.20. The Bertz CT molecular complexity index is 1420. The quantitative estimate of drug-likeness (QED) is 0.372. The molecule has 4 rings (SSSR count). The molecule has 10 heteroatoms. The standard InChI is InChI=1S/C23H17Cl2N3O4S/c1-13-18-21(33-20(13)23(31)32-11-14-6-3-2-4-7-14)26-12-28(22(18)30)10-17(29)27-16-9-5-8-15(24)19(16)25/h2-9,12H,10-11H2,1H3,(H,27,29). The van der Waals surface area contributed by atoms with E-state index in [9.17, 15) is 14.4 Å². The Hall–Kier alpha value is -3.20. The van der Waals surface area contributed by atoms with E-state index in [1.54, 1.807) is 25.1 Å². The Balaban J connectivity index is 1.54. The van der Waals surface area contributed by atoms with Gasteiger partial charge in [0, 0.05) is 0 Å². The van der Waals surface area contributed by atoms with Crippen LogP contribution in [0.25, 0.3) is 10.2 Å². The van der Waals surface area contributed by atoms with Crippen LogP contribution in [-0.4, -0.2) is 21.4 Å². The van der Waals surface area contributed by atoms with Crippen molar-refractivity contribution in [1.82, 2.24) is 9.55 Å². The van der Waals surface area contributed by atoms with Gasteiger partial charge in [0.2, 0.25) is 5.91 Å². The summed E-state index contributed by atoms with van der Waals surface area (Å²) in [4.78, 5) is 43.1. The number of nitrogens with one attached hydrogen (secondary N) is 1. The fourth-order valence-corrected chi connectivity index (χ4v) is 4.58. The van der Waals surface area contributed by atoms with Crippen LogP contribution >= 0.6 is 34.5 Å². The van der Waals surface area contributed by atoms with Gasteiger partial charge in [-0.05, 0) is 30.2 Å². The zero-order valence-corrected chi connectivity index (χ0v) is 19.6. The fraction of sp³-hybridized carbons (Fsp3) is 0.130. The average molecular weight is 502 g/mol. The zero-order chi connectivity index (χ0) is 23.5. The highest BCUT2D eigenvalue weighted by atomic mass is 35.5. The minimum Gasteiger partial charge on any atom is -0.457 e. The van der Waals surface area contributed by atoms with Gasteiger partial charge in [-0.3, -0.25) is 14.2 Å². The Morgan fingerprint density at radius 3 is 2.64 bits per heavy atom. The van der Waals surface area contributed by atoms with Gasteiger partial charge in [-0.25, -0.2) is 9.78 Å². The molecule has 0 aliphatic carbocycles. The number of esters is 1. The highest BCUT2D eigenvalue weighted by Gasteiger charge is 2.21. The zero-order valence-electron chi connectivity index (χ0n) is 17.3. The Labute approximate surface area is 202 Å². The van der Waals surface area contributed by atoms with Crippen LogP contribution < -0.4 is 10.9 Å². The van der Waals surface area contributed by atoms with Crippen molar-refractivity contribution in [2.45, 2.75) is 20.1 Å². The molecule has 0 unspecified atom stereocenters. The number of hydrogen-bond acceptors (Lipinski definition) is 6. The largest absolute Gasteiger partial charge is 0.457 e. The minimum absolute atomic E-state index is 0.122. The van der Waals surface area contributed by atoms with Gasteiger partial charge in [0.05, 0.1) is 27.4 Å². The summed E-state index contributed by atoms with van der Waals surface area (Å²) in [5.41, 5.74) is 1.24. The fourth-order valence-electron chi connectivity index (χ4n) is 3.20. The molecule has 0 saturated heterocycles. The molecule has 0 radical (unpaired) electrons. The van der Waals surface area contributed by atoms with Crippen LogP contribution in [-0.2, 0) is 22.7 Å². The predicted molar refractivity (Wildman–Crippen MR) is 129 cm³/mol. The summed E-state index contributed by atoms with van der Waals surface area (Å²) in [6.07, 6.45) is 1.28. The number of aromatic nitrogens is 2. The first kappa shape index (κ1) is 23.0. The molecule has 2 aromatic carbocycles. The van der Waals surface area contributed by atoms with Crippen molar-refractivity contribution >= 4 is 62.3 Å². The van der Waals surface area contributed by atoms with Crippen LogP contribution in [0.1, 0.15) is 20.8 Å². The number of nitrogens with zero attached hydrogens (tertiary/aromatic N) is 2. The van der Waals surface area contributed by atoms with Crippen molar-refractivity contribution in [3.63, 3.8) is 0 Å². The first-order valence-electron chi connectivity index (χ1n) is 9.78. The summed E-state index contributed by atoms with van der Waals surface area (Å²) >= 11 is 13.1. The van der Waals surface area contributed by atoms with Crippen molar-refractivity contribution in [1.29, 1.82) is 0 Å². The summed E-state index contributed by atoms with van der Waals surface area (Å²) in [7, 11) is 0. The third-order valence-electron chi connectivity index (χ3n) is 4.86. The van der Waals surface area contributed by atoms with Gasteiger partial charge in [-0.15, -0.1) is 11.3 Å². The summed E-state index contributed by atoms with van der Waals surface area (Å²) < 4.78 is 6.57. The number of ether oxygens (including phenoxy) is 1. The van der Waals surface area contributed by atoms with E-state index in [0.29, 0.717) is 26.0 Å². The number of hydrogen-bond donors (Lipinski definition) is 1. The van der Waals surface area contributed by atoms with E-state index >= 15 is 0 Å². The summed E-state index contributed by atoms with van der Waals surface area (Å²) in [6.45, 7) is 1.50. The van der Waals surface area contributed by atoms with E-state index in [4.69, 9.17) is 27.9 Å². The second-order valence-corrected chi connectivity index (χ2v) is 8.91. The molecule has 0 fully saturated rings. The van der Waals surface area contributed by atoms with E-state index in [2.05, 4.69) is 10.3 Å². The maximum absolute atomic E-state index is 13.0. The summed E-state index contributed by atoms with van der Waals surface area (Å²) in [6, 6.07) is 14.2. The number of amides is 1. The van der Waals surface area contributed by atoms with E-state index in [-0.39, 0.29) is 23.6 Å². The monoisotopic (exact) mass is 501 g/mol. The number of anilines is 1. The van der Waals surface area contributed by atoms with Gasteiger partial charge in [0.1, 0.15) is 22.9 Å². The summed E-state index contributed by atoms with van der Waals surface area (Å²) in [5, 5.41) is 3.42. The topological polar surface area (TPSA) is 90.3 Å². The third-order valence-corrected chi connectivity index (χ3v) is 6.85. The molecule has 0 spiro atoms. The lowest BCUT2D eigenvalue weighted by Gasteiger charge is -2.09. The summed E-state index contributed by atoms with van der Waals surface area (Å²) in [5.74, 6) is -1.00. The van der Waals surface area contributed by atoms with Gasteiger partial charge >= 0.3 is 5.97 Å². The van der Waals surface area contributed by atoms with Crippen molar-refractivity contribution in [3.05, 3.63) is 91.3 Å². The van der Waals surface area contributed by atoms with E-state index in [1.165, 1.54) is 10.9 Å². The molecular weight excluding hydrogens is 485 g/mol. The third kappa shape index (κ3) is 4.93. The van der Waals surface area contributed by atoms with Gasteiger partial charge in [-0.2, -0.15) is 0 Å². The molecule has 2 heterocycles. The number of rotatable bonds is 6. The molecular formula is C23H17Cl2N3O4S. The molecule has 1 amide bonds. The number of fused-ring (bicyclic) bond motifs is 1. The van der Waals surface area contributed by atoms with Gasteiger partial charge in [0.15, 0.2) is 0 Å². The van der Waals surface area contributed by atoms with Crippen LogP contribution in [0.3, 0.4) is 0 Å². The smallest absolute Gasteiger partial charge is 0.349 e. The van der Waals surface area contributed by atoms with Crippen LogP contribution in [0, 0.1) is 6.92 Å². The molecule has 0 saturated carbocycles. The molecule has 33 heavy (non-hydrogen) atoms. The van der Waals surface area contributed by atoms with Crippen molar-refractivity contribution in [3.8, 4) is 0 Å². The molecule has 7 nitrogen and oxygen atoms in total. The number of thiophene rings is 1. The molecule has 2 aromatic heterocycles. The molecule has 1 N–H and O–H groups in total. The van der Waals surface area contributed by atoms with Gasteiger partial charge < -0.3 is 10.1 Å². The molecule has 4 aromatic rings. The van der Waals surface area contributed by atoms with E-state index < -0.39 is 17.4 Å². The van der Waals surface area contributed by atoms with Crippen LogP contribution in [0.4, 0.5) is 5.69 Å². The number of carbonyl (C=O) groups excluding carboxylic acids is 2. The Morgan fingerprint density at radius 1 is 1.12 bits per heavy atom. The lowest BCUT2D eigenvalue weighted by atomic mass is 10.2. The van der Waals surface area contributed by atoms with Crippen molar-refractivity contribution in [2.24, 2.45) is 0 Å². The van der Waals surface area contributed by atoms with Crippen molar-refractivity contribution in [2.75, 3.05) is 5.32 Å². The first-order chi connectivity index (χ1) is 15.8. The van der Waals surface area contributed by atoms with Gasteiger partial charge in [0.25, 0.3) is 5.56 Å². The molecule has 0 aliphatic heterocycles. The minimum atomic E-state index is -0.529. The number of aryl methyl sites for hydroxylation is 1. The maximum Gasteiger partial charge on any atom is 0.349 e. The number of benzene rings is 2. The van der Waals surface area contributed by atoms with Gasteiger partial charge in [-0.1, -0.05) is 59.6 Å². The average Bonchev–Trinajstić information content (AvgIpc) is 3.15. The Kier molecular flexibility index (Phi) is 6.78. The second kappa shape index (κ2) is 9.74. The SMILES string of the molecule is Cc1c(C(=O)OCc2ccccc2)sc2ncn(CC(=O)Nc3cccc(Cl)c3Cl)c(=O)c12. The van der Waals surface area contributed by atoms with E-state index in [0.717, 1.165) is 16.9 Å². The molecule has 0 atom stereocenters. The number of carbonyl (C=O) groups is 2. The van der Waals surface area contributed by atoms with Crippen LogP contribution in [0.2, 0.25) is 10.0 Å². The molecule has 0 bridgehead atoms. The van der Waals surface area contributed by atoms with Crippen molar-refractivity contribution < 1.29 is 14.3 Å². The normalized spacial score (nSPS) is 10.9. The molecule has 0 aliphatic rings. The maximum atomic E-state index is 13.0. The highest BCUT2D eigenvalue weighted by Crippen LogP contribution is 2.30. The second-order valence-electron chi connectivity index (χ2n) is 7.13. The number of halogens is 2. The molecule has 168 valence electrons. The van der Waals surface area contributed by atoms with Crippen LogP contribution in [0.5, 0.6) is 0 Å². The Morgan fingerprint density at radius 2 is 1.88 bits per heavy atom. The van der Waals surface area contributed by atoms with Crippen LogP contribution in [0.15, 0.2) is 59.7 Å². The van der Waals surface area contributed by atoms with E-state index in [1.807, 2.05) is 30.3 Å². The lowest BCUT2D eigenvalue weighted by molar-refractivity contribution is -0.116.